The number of aromatic nitrogens is 3. The number of carbonyl (C=O) groups excluding carboxylic acids is 1. The molecule has 0 unspecified atom stereocenters. The molecule has 154 valence electrons. The monoisotopic (exact) mass is 393 g/mol. The summed E-state index contributed by atoms with van der Waals surface area (Å²) in [7, 11) is 0. The van der Waals surface area contributed by atoms with Crippen molar-refractivity contribution in [3.63, 3.8) is 0 Å². The van der Waals surface area contributed by atoms with Crippen LogP contribution in [0.25, 0.3) is 22.4 Å². The Morgan fingerprint density at radius 1 is 1.03 bits per heavy atom. The highest BCUT2D eigenvalue weighted by Gasteiger charge is 2.17. The second-order valence-corrected chi connectivity index (χ2v) is 8.35. The van der Waals surface area contributed by atoms with Gasteiger partial charge in [-0.2, -0.15) is 0 Å². The third-order valence-electron chi connectivity index (χ3n) is 4.99. The summed E-state index contributed by atoms with van der Waals surface area (Å²) in [6.45, 7) is 9.99. The van der Waals surface area contributed by atoms with Crippen LogP contribution in [0.4, 0.5) is 4.79 Å². The Balaban J connectivity index is 1.78. The Labute approximate surface area is 172 Å². The van der Waals surface area contributed by atoms with Gasteiger partial charge in [-0.1, -0.05) is 52.0 Å². The number of aryl methyl sites for hydroxylation is 1. The normalized spacial score (nSPS) is 11.6. The highest BCUT2D eigenvalue weighted by molar-refractivity contribution is 5.85. The molecule has 2 aromatic heterocycles. The van der Waals surface area contributed by atoms with E-state index in [1.165, 1.54) is 5.56 Å². The molecular weight excluding hydrogens is 362 g/mol. The Morgan fingerprint density at radius 2 is 1.72 bits per heavy atom. The van der Waals surface area contributed by atoms with Crippen molar-refractivity contribution in [3.8, 4) is 11.3 Å². The Morgan fingerprint density at radius 3 is 2.41 bits per heavy atom. The van der Waals surface area contributed by atoms with Crippen LogP contribution in [-0.2, 0) is 11.8 Å². The number of carbonyl (C=O) groups is 1. The minimum atomic E-state index is -0.108. The number of H-pyrrole nitrogens is 1. The highest BCUT2D eigenvalue weighted by atomic mass is 16.2. The summed E-state index contributed by atoms with van der Waals surface area (Å²) in [6.07, 6.45) is 6.00. The van der Waals surface area contributed by atoms with Gasteiger partial charge in [-0.15, -0.1) is 0 Å². The average Bonchev–Trinajstić information content (AvgIpc) is 3.07. The number of nitrogens with zero attached hydrogens (tertiary/aromatic N) is 2. The first-order valence-electron chi connectivity index (χ1n) is 10.3. The van der Waals surface area contributed by atoms with Gasteiger partial charge in [-0.3, -0.25) is 4.98 Å². The van der Waals surface area contributed by atoms with E-state index >= 15 is 0 Å². The number of hydrogen-bond donors (Lipinski definition) is 3. The smallest absolute Gasteiger partial charge is 0.314 e. The molecule has 2 heterocycles. The van der Waals surface area contributed by atoms with Crippen molar-refractivity contribution in [2.45, 2.75) is 52.4 Å². The predicted octanol–water partition coefficient (Wildman–Crippen LogP) is 4.56. The van der Waals surface area contributed by atoms with Crippen molar-refractivity contribution >= 4 is 17.2 Å². The van der Waals surface area contributed by atoms with Gasteiger partial charge in [0.2, 0.25) is 0 Å². The van der Waals surface area contributed by atoms with Gasteiger partial charge >= 0.3 is 6.03 Å². The van der Waals surface area contributed by atoms with Crippen LogP contribution in [-0.4, -0.2) is 34.1 Å². The van der Waals surface area contributed by atoms with E-state index in [1.807, 2.05) is 6.92 Å². The van der Waals surface area contributed by atoms with Crippen molar-refractivity contribution in [3.05, 3.63) is 47.8 Å². The van der Waals surface area contributed by atoms with Crippen molar-refractivity contribution in [2.75, 3.05) is 13.1 Å². The molecule has 2 amide bonds. The number of rotatable bonds is 7. The lowest BCUT2D eigenvalue weighted by molar-refractivity contribution is 0.241. The lowest BCUT2D eigenvalue weighted by atomic mass is 9.86. The molecule has 3 N–H and O–H groups in total. The molecule has 3 rings (SSSR count). The van der Waals surface area contributed by atoms with E-state index < -0.39 is 0 Å². The van der Waals surface area contributed by atoms with Gasteiger partial charge in [-0.05, 0) is 35.8 Å². The van der Waals surface area contributed by atoms with Crippen LogP contribution in [0.5, 0.6) is 0 Å². The Kier molecular flexibility index (Phi) is 6.52. The molecular formula is C23H31N5O. The highest BCUT2D eigenvalue weighted by Crippen LogP contribution is 2.31. The van der Waals surface area contributed by atoms with Crippen molar-refractivity contribution < 1.29 is 4.79 Å². The van der Waals surface area contributed by atoms with E-state index in [2.05, 4.69) is 70.6 Å². The maximum atomic E-state index is 11.7. The third-order valence-corrected chi connectivity index (χ3v) is 4.99. The first kappa shape index (κ1) is 20.8. The fraction of sp³-hybridized carbons (Fsp3) is 0.435. The molecule has 0 saturated carbocycles. The van der Waals surface area contributed by atoms with E-state index in [0.717, 1.165) is 47.2 Å². The molecule has 3 aromatic rings. The largest absolute Gasteiger partial charge is 0.338 e. The number of fused-ring (bicyclic) bond motifs is 1. The molecule has 0 fully saturated rings. The molecule has 29 heavy (non-hydrogen) atoms. The molecule has 6 heteroatoms. The first-order chi connectivity index (χ1) is 13.9. The minimum Gasteiger partial charge on any atom is -0.338 e. The molecule has 0 saturated heterocycles. The van der Waals surface area contributed by atoms with Gasteiger partial charge < -0.3 is 15.6 Å². The van der Waals surface area contributed by atoms with E-state index in [9.17, 15) is 4.79 Å². The number of amides is 2. The fourth-order valence-corrected chi connectivity index (χ4v) is 3.36. The van der Waals surface area contributed by atoms with Crippen molar-refractivity contribution in [2.24, 2.45) is 0 Å². The number of urea groups is 1. The zero-order chi connectivity index (χ0) is 20.9. The van der Waals surface area contributed by atoms with Gasteiger partial charge in [0.25, 0.3) is 0 Å². The van der Waals surface area contributed by atoms with Gasteiger partial charge in [0.15, 0.2) is 5.65 Å². The summed E-state index contributed by atoms with van der Waals surface area (Å²) in [5.74, 6) is 0. The lowest BCUT2D eigenvalue weighted by Crippen LogP contribution is -2.36. The summed E-state index contributed by atoms with van der Waals surface area (Å²) in [6, 6.07) is 8.58. The van der Waals surface area contributed by atoms with Gasteiger partial charge in [-0.25, -0.2) is 9.78 Å². The molecule has 0 aliphatic carbocycles. The lowest BCUT2D eigenvalue weighted by Gasteiger charge is -2.19. The molecule has 0 radical (unpaired) electrons. The second-order valence-electron chi connectivity index (χ2n) is 8.35. The van der Waals surface area contributed by atoms with Crippen LogP contribution in [0.1, 0.15) is 51.7 Å². The van der Waals surface area contributed by atoms with Gasteiger partial charge in [0.1, 0.15) is 5.52 Å². The Hall–Kier alpha value is -2.89. The molecule has 0 aliphatic rings. The summed E-state index contributed by atoms with van der Waals surface area (Å²) < 4.78 is 0. The zero-order valence-corrected chi connectivity index (χ0v) is 17.8. The van der Waals surface area contributed by atoms with E-state index in [1.54, 1.807) is 12.4 Å². The predicted molar refractivity (Wildman–Crippen MR) is 118 cm³/mol. The van der Waals surface area contributed by atoms with Gasteiger partial charge in [0.05, 0.1) is 5.69 Å². The number of hydrogen-bond acceptors (Lipinski definition) is 3. The van der Waals surface area contributed by atoms with Gasteiger partial charge in [0, 0.05) is 31.0 Å². The van der Waals surface area contributed by atoms with E-state index in [-0.39, 0.29) is 11.4 Å². The number of benzene rings is 1. The summed E-state index contributed by atoms with van der Waals surface area (Å²) in [5.41, 5.74) is 6.45. The molecule has 1 aromatic carbocycles. The van der Waals surface area contributed by atoms with Crippen molar-refractivity contribution in [1.29, 1.82) is 0 Å². The second kappa shape index (κ2) is 9.07. The topological polar surface area (TPSA) is 82.7 Å². The SMILES string of the molecule is CCCNC(=O)NCCCc1c(-c2ccc(C(C)(C)C)cc2)[nH]c2nccnc12. The molecule has 0 aliphatic heterocycles. The molecule has 0 atom stereocenters. The standard InChI is InChI=1S/C23H31N5O/c1-5-12-26-22(29)27-13-6-7-18-19(28-21-20(18)24-14-15-25-21)16-8-10-17(11-9-16)23(2,3)4/h8-11,14-15H,5-7,12-13H2,1-4H3,(H,25,28)(H2,26,27,29). The van der Waals surface area contributed by atoms with Crippen LogP contribution < -0.4 is 10.6 Å². The zero-order valence-electron chi connectivity index (χ0n) is 17.8. The first-order valence-corrected chi connectivity index (χ1v) is 10.3. The van der Waals surface area contributed by atoms with Crippen LogP contribution in [0, 0.1) is 0 Å². The van der Waals surface area contributed by atoms with Crippen LogP contribution >= 0.6 is 0 Å². The maximum Gasteiger partial charge on any atom is 0.314 e. The van der Waals surface area contributed by atoms with Crippen LogP contribution in [0.15, 0.2) is 36.7 Å². The van der Waals surface area contributed by atoms with E-state index in [4.69, 9.17) is 0 Å². The summed E-state index contributed by atoms with van der Waals surface area (Å²) in [5, 5.41) is 5.75. The molecule has 0 bridgehead atoms. The number of nitrogens with one attached hydrogen (secondary N) is 3. The molecule has 0 spiro atoms. The van der Waals surface area contributed by atoms with Crippen molar-refractivity contribution in [1.82, 2.24) is 25.6 Å². The summed E-state index contributed by atoms with van der Waals surface area (Å²) >= 11 is 0. The minimum absolute atomic E-state index is 0.108. The van der Waals surface area contributed by atoms with E-state index in [0.29, 0.717) is 13.1 Å². The third kappa shape index (κ3) is 5.13. The Bertz CT molecular complexity index is 954. The fourth-order valence-electron chi connectivity index (χ4n) is 3.36. The maximum absolute atomic E-state index is 11.7. The van der Waals surface area contributed by atoms with Crippen LogP contribution in [0.3, 0.4) is 0 Å². The number of aromatic amines is 1. The van der Waals surface area contributed by atoms with Crippen LogP contribution in [0.2, 0.25) is 0 Å². The average molecular weight is 394 g/mol. The molecule has 6 nitrogen and oxygen atoms in total. The summed E-state index contributed by atoms with van der Waals surface area (Å²) in [4.78, 5) is 24.2. The quantitative estimate of drug-likeness (QED) is 0.515.